The number of nitrogens with zero attached hydrogens (tertiary/aromatic N) is 3. The summed E-state index contributed by atoms with van der Waals surface area (Å²) in [7, 11) is 0. The van der Waals surface area contributed by atoms with E-state index in [1.807, 2.05) is 6.92 Å². The molecule has 0 aliphatic heterocycles. The molecular formula is C8H10N4OS2. The van der Waals surface area contributed by atoms with Gasteiger partial charge in [0, 0.05) is 17.7 Å². The summed E-state index contributed by atoms with van der Waals surface area (Å²) in [6, 6.07) is 0. The molecule has 15 heavy (non-hydrogen) atoms. The van der Waals surface area contributed by atoms with E-state index in [9.17, 15) is 4.55 Å². The van der Waals surface area contributed by atoms with Crippen LogP contribution < -0.4 is 5.32 Å². The highest BCUT2D eigenvalue weighted by atomic mass is 32.2. The average molecular weight is 242 g/mol. The van der Waals surface area contributed by atoms with Crippen LogP contribution in [0.3, 0.4) is 0 Å². The molecule has 1 N–H and O–H groups in total. The van der Waals surface area contributed by atoms with E-state index < -0.39 is 11.2 Å². The molecule has 0 fully saturated rings. The van der Waals surface area contributed by atoms with E-state index in [2.05, 4.69) is 20.3 Å². The van der Waals surface area contributed by atoms with Gasteiger partial charge in [0.15, 0.2) is 5.65 Å². The summed E-state index contributed by atoms with van der Waals surface area (Å²) in [4.78, 5) is 12.3. The van der Waals surface area contributed by atoms with Crippen molar-refractivity contribution in [1.29, 1.82) is 0 Å². The highest BCUT2D eigenvalue weighted by Gasteiger charge is 2.15. The molecule has 80 valence electrons. The Balaban J connectivity index is 2.54. The molecular weight excluding hydrogens is 232 g/mol. The number of hydrogen-bond donors (Lipinski definition) is 1. The predicted octanol–water partition coefficient (Wildman–Crippen LogP) is 1.26. The van der Waals surface area contributed by atoms with Crippen molar-refractivity contribution < 1.29 is 4.55 Å². The summed E-state index contributed by atoms with van der Waals surface area (Å²) in [5.74, 6) is 0.761. The van der Waals surface area contributed by atoms with Crippen LogP contribution in [-0.4, -0.2) is 32.3 Å². The summed E-state index contributed by atoms with van der Waals surface area (Å²) in [6.07, 6.45) is 3.07. The number of aromatic nitrogens is 3. The Kier molecular flexibility index (Phi) is 3.03. The third-order valence-electron chi connectivity index (χ3n) is 1.76. The van der Waals surface area contributed by atoms with E-state index in [1.165, 1.54) is 17.7 Å². The quantitative estimate of drug-likeness (QED) is 0.820. The van der Waals surface area contributed by atoms with Gasteiger partial charge in [-0.2, -0.15) is 4.98 Å². The van der Waals surface area contributed by atoms with Crippen molar-refractivity contribution in [2.45, 2.75) is 11.3 Å². The second-order valence-corrected chi connectivity index (χ2v) is 5.39. The van der Waals surface area contributed by atoms with Crippen molar-refractivity contribution in [2.75, 3.05) is 18.1 Å². The fourth-order valence-corrected chi connectivity index (χ4v) is 2.80. The van der Waals surface area contributed by atoms with Crippen LogP contribution >= 0.6 is 11.3 Å². The minimum Gasteiger partial charge on any atom is -0.610 e. The molecule has 0 saturated carbocycles. The van der Waals surface area contributed by atoms with Crippen LogP contribution in [0.2, 0.25) is 0 Å². The van der Waals surface area contributed by atoms with Gasteiger partial charge in [-0.15, -0.1) is 0 Å². The van der Waals surface area contributed by atoms with Gasteiger partial charge in [0.2, 0.25) is 0 Å². The molecule has 2 aromatic heterocycles. The zero-order valence-electron chi connectivity index (χ0n) is 8.35. The van der Waals surface area contributed by atoms with Crippen LogP contribution in [0.5, 0.6) is 0 Å². The molecule has 2 aromatic rings. The van der Waals surface area contributed by atoms with Gasteiger partial charge in [0.05, 0.1) is 0 Å². The van der Waals surface area contributed by atoms with E-state index in [4.69, 9.17) is 0 Å². The molecule has 1 atom stereocenters. The van der Waals surface area contributed by atoms with Crippen molar-refractivity contribution in [2.24, 2.45) is 0 Å². The molecule has 5 nitrogen and oxygen atoms in total. The molecule has 0 bridgehead atoms. The van der Waals surface area contributed by atoms with Crippen LogP contribution in [0.1, 0.15) is 6.92 Å². The van der Waals surface area contributed by atoms with E-state index in [0.29, 0.717) is 9.99 Å². The van der Waals surface area contributed by atoms with Crippen LogP contribution in [0.25, 0.3) is 10.3 Å². The fraction of sp³-hybridized carbons (Fsp3) is 0.375. The van der Waals surface area contributed by atoms with Crippen molar-refractivity contribution >= 4 is 38.7 Å². The Morgan fingerprint density at radius 2 is 2.33 bits per heavy atom. The first-order valence-corrected chi connectivity index (χ1v) is 6.78. The Morgan fingerprint density at radius 1 is 1.53 bits per heavy atom. The minimum atomic E-state index is -1.06. The molecule has 2 heterocycles. The zero-order valence-corrected chi connectivity index (χ0v) is 9.98. The monoisotopic (exact) mass is 242 g/mol. The third kappa shape index (κ3) is 2.04. The van der Waals surface area contributed by atoms with E-state index in [-0.39, 0.29) is 0 Å². The summed E-state index contributed by atoms with van der Waals surface area (Å²) in [6.45, 7) is 2.78. The molecule has 0 radical (unpaired) electrons. The lowest BCUT2D eigenvalue weighted by molar-refractivity contribution is 0.600. The zero-order chi connectivity index (χ0) is 10.8. The Bertz CT molecular complexity index is 471. The van der Waals surface area contributed by atoms with Crippen LogP contribution in [-0.2, 0) is 11.2 Å². The highest BCUT2D eigenvalue weighted by Crippen LogP contribution is 2.28. The molecule has 0 aromatic carbocycles. The van der Waals surface area contributed by atoms with Crippen molar-refractivity contribution in [3.05, 3.63) is 6.33 Å². The molecule has 0 spiro atoms. The first kappa shape index (κ1) is 10.6. The van der Waals surface area contributed by atoms with Crippen LogP contribution in [0.4, 0.5) is 5.82 Å². The van der Waals surface area contributed by atoms with Gasteiger partial charge < -0.3 is 9.87 Å². The lowest BCUT2D eigenvalue weighted by atomic mass is 10.5. The SMILES string of the molecule is CCNc1ncnc2nc([S+](C)[O-])sc12. The maximum Gasteiger partial charge on any atom is 0.304 e. The van der Waals surface area contributed by atoms with Gasteiger partial charge in [-0.1, -0.05) is 11.3 Å². The summed E-state index contributed by atoms with van der Waals surface area (Å²) in [5.41, 5.74) is 0.608. The van der Waals surface area contributed by atoms with Gasteiger partial charge in [0.25, 0.3) is 0 Å². The standard InChI is InChI=1S/C8H10N4OS2/c1-3-9-6-5-7(11-4-10-6)12-8(14-5)15(2)13/h4H,3H2,1-2H3,(H,9,10,11). The second-order valence-electron chi connectivity index (χ2n) is 2.84. The summed E-state index contributed by atoms with van der Waals surface area (Å²) >= 11 is 0.311. The van der Waals surface area contributed by atoms with Crippen molar-refractivity contribution in [1.82, 2.24) is 15.0 Å². The number of thiazole rings is 1. The fourth-order valence-electron chi connectivity index (χ4n) is 1.15. The smallest absolute Gasteiger partial charge is 0.304 e. The number of fused-ring (bicyclic) bond motifs is 1. The predicted molar refractivity (Wildman–Crippen MR) is 61.7 cm³/mol. The van der Waals surface area contributed by atoms with Gasteiger partial charge in [-0.25, -0.2) is 9.97 Å². The average Bonchev–Trinajstić information content (AvgIpc) is 2.63. The number of hydrogen-bond acceptors (Lipinski definition) is 6. The van der Waals surface area contributed by atoms with Gasteiger partial charge in [-0.05, 0) is 6.92 Å². The topological polar surface area (TPSA) is 73.8 Å². The second kappa shape index (κ2) is 4.30. The molecule has 2 rings (SSSR count). The lowest BCUT2D eigenvalue weighted by Crippen LogP contribution is -1.99. The van der Waals surface area contributed by atoms with Gasteiger partial charge >= 0.3 is 4.34 Å². The Labute approximate surface area is 94.2 Å². The number of rotatable bonds is 3. The van der Waals surface area contributed by atoms with Crippen molar-refractivity contribution in [3.8, 4) is 0 Å². The molecule has 0 saturated heterocycles. The number of nitrogens with one attached hydrogen (secondary N) is 1. The minimum absolute atomic E-state index is 0.588. The molecule has 0 aliphatic carbocycles. The normalized spacial score (nSPS) is 13.0. The first-order chi connectivity index (χ1) is 7.22. The van der Waals surface area contributed by atoms with E-state index in [0.717, 1.165) is 17.1 Å². The van der Waals surface area contributed by atoms with E-state index in [1.54, 1.807) is 6.26 Å². The molecule has 7 heteroatoms. The van der Waals surface area contributed by atoms with Crippen LogP contribution in [0.15, 0.2) is 10.7 Å². The maximum absolute atomic E-state index is 11.3. The third-order valence-corrected chi connectivity index (χ3v) is 4.14. The van der Waals surface area contributed by atoms with Crippen LogP contribution in [0, 0.1) is 0 Å². The molecule has 1 unspecified atom stereocenters. The van der Waals surface area contributed by atoms with Crippen molar-refractivity contribution in [3.63, 3.8) is 0 Å². The van der Waals surface area contributed by atoms with E-state index >= 15 is 0 Å². The molecule has 0 amide bonds. The lowest BCUT2D eigenvalue weighted by Gasteiger charge is -2.00. The highest BCUT2D eigenvalue weighted by molar-refractivity contribution is 7.92. The Hall–Kier alpha value is -0.920. The summed E-state index contributed by atoms with van der Waals surface area (Å²) in [5, 5.41) is 3.12. The first-order valence-electron chi connectivity index (χ1n) is 4.41. The van der Waals surface area contributed by atoms with Gasteiger partial charge in [0.1, 0.15) is 23.1 Å². The van der Waals surface area contributed by atoms with Gasteiger partial charge in [-0.3, -0.25) is 0 Å². The largest absolute Gasteiger partial charge is 0.610 e. The maximum atomic E-state index is 11.3. The molecule has 0 aliphatic rings. The number of anilines is 1. The summed E-state index contributed by atoms with van der Waals surface area (Å²) < 4.78 is 12.7. The Morgan fingerprint density at radius 3 is 3.00 bits per heavy atom.